The molecule has 29 heavy (non-hydrogen) atoms. The second kappa shape index (κ2) is 8.86. The Kier molecular flexibility index (Phi) is 5.84. The number of hydrogen-bond donors (Lipinski definition) is 0. The van der Waals surface area contributed by atoms with E-state index in [1.54, 1.807) is 7.11 Å². The van der Waals surface area contributed by atoms with Gasteiger partial charge < -0.3 is 9.26 Å². The van der Waals surface area contributed by atoms with E-state index in [4.69, 9.17) is 14.5 Å². The van der Waals surface area contributed by atoms with Crippen molar-refractivity contribution < 1.29 is 9.26 Å². The molecule has 0 saturated carbocycles. The van der Waals surface area contributed by atoms with E-state index in [0.717, 1.165) is 44.0 Å². The summed E-state index contributed by atoms with van der Waals surface area (Å²) in [6.07, 6.45) is 0. The molecular formula is C22H23N5O2. The van der Waals surface area contributed by atoms with Gasteiger partial charge in [-0.3, -0.25) is 9.80 Å². The topological polar surface area (TPSA) is 78.4 Å². The van der Waals surface area contributed by atoms with Gasteiger partial charge in [0.15, 0.2) is 0 Å². The minimum absolute atomic E-state index is 0.599. The predicted molar refractivity (Wildman–Crippen MR) is 108 cm³/mol. The van der Waals surface area contributed by atoms with Crippen molar-refractivity contribution in [3.05, 3.63) is 65.5 Å². The Balaban J connectivity index is 1.28. The number of aromatic nitrogens is 2. The first-order valence-corrected chi connectivity index (χ1v) is 9.64. The third-order valence-electron chi connectivity index (χ3n) is 5.13. The number of nitrogens with zero attached hydrogens (tertiary/aromatic N) is 5. The second-order valence-electron chi connectivity index (χ2n) is 7.10. The number of rotatable bonds is 6. The highest BCUT2D eigenvalue weighted by atomic mass is 16.5. The van der Waals surface area contributed by atoms with Crippen LogP contribution in [0.3, 0.4) is 0 Å². The quantitative estimate of drug-likeness (QED) is 0.641. The highest BCUT2D eigenvalue weighted by Crippen LogP contribution is 2.20. The van der Waals surface area contributed by atoms with E-state index < -0.39 is 0 Å². The van der Waals surface area contributed by atoms with Crippen molar-refractivity contribution in [2.45, 2.75) is 13.1 Å². The van der Waals surface area contributed by atoms with Crippen molar-refractivity contribution in [2.75, 3.05) is 33.3 Å². The summed E-state index contributed by atoms with van der Waals surface area (Å²) in [5.74, 6) is 2.04. The van der Waals surface area contributed by atoms with Gasteiger partial charge in [0.25, 0.3) is 0 Å². The van der Waals surface area contributed by atoms with Gasteiger partial charge in [0.2, 0.25) is 11.7 Å². The van der Waals surface area contributed by atoms with Gasteiger partial charge in [0.05, 0.1) is 25.3 Å². The summed E-state index contributed by atoms with van der Waals surface area (Å²) >= 11 is 0. The Morgan fingerprint density at radius 1 is 0.966 bits per heavy atom. The molecule has 7 heteroatoms. The lowest BCUT2D eigenvalue weighted by atomic mass is 10.1. The molecule has 1 saturated heterocycles. The molecule has 1 aliphatic rings. The van der Waals surface area contributed by atoms with Crippen molar-refractivity contribution in [3.8, 4) is 23.2 Å². The molecule has 0 radical (unpaired) electrons. The molecule has 0 amide bonds. The summed E-state index contributed by atoms with van der Waals surface area (Å²) in [5.41, 5.74) is 2.85. The van der Waals surface area contributed by atoms with E-state index in [0.29, 0.717) is 23.8 Å². The van der Waals surface area contributed by atoms with Gasteiger partial charge in [-0.15, -0.1) is 0 Å². The molecule has 3 aromatic rings. The zero-order chi connectivity index (χ0) is 20.1. The smallest absolute Gasteiger partial charge is 0.241 e. The Morgan fingerprint density at radius 3 is 2.24 bits per heavy atom. The number of ether oxygens (including phenoxy) is 1. The first-order chi connectivity index (χ1) is 14.2. The van der Waals surface area contributed by atoms with Gasteiger partial charge in [-0.1, -0.05) is 17.3 Å². The second-order valence-corrected chi connectivity index (χ2v) is 7.10. The molecule has 2 heterocycles. The number of nitriles is 1. The molecule has 4 rings (SSSR count). The molecule has 0 N–H and O–H groups in total. The fourth-order valence-corrected chi connectivity index (χ4v) is 3.42. The normalized spacial score (nSPS) is 15.2. The zero-order valence-electron chi connectivity index (χ0n) is 16.4. The molecule has 1 fully saturated rings. The van der Waals surface area contributed by atoms with E-state index in [1.165, 1.54) is 5.56 Å². The minimum Gasteiger partial charge on any atom is -0.497 e. The summed E-state index contributed by atoms with van der Waals surface area (Å²) in [4.78, 5) is 9.29. The van der Waals surface area contributed by atoms with Crippen molar-refractivity contribution >= 4 is 0 Å². The van der Waals surface area contributed by atoms with Crippen LogP contribution >= 0.6 is 0 Å². The number of piperazine rings is 1. The Hall–Kier alpha value is -3.21. The van der Waals surface area contributed by atoms with Crippen LogP contribution in [0.4, 0.5) is 0 Å². The number of methoxy groups -OCH3 is 1. The third kappa shape index (κ3) is 4.80. The maximum Gasteiger partial charge on any atom is 0.241 e. The van der Waals surface area contributed by atoms with Crippen molar-refractivity contribution in [2.24, 2.45) is 0 Å². The van der Waals surface area contributed by atoms with Crippen LogP contribution < -0.4 is 4.74 Å². The molecule has 1 aromatic heterocycles. The molecule has 148 valence electrons. The van der Waals surface area contributed by atoms with Crippen LogP contribution in [0.2, 0.25) is 0 Å². The molecule has 0 bridgehead atoms. The number of benzene rings is 2. The maximum atomic E-state index is 8.90. The van der Waals surface area contributed by atoms with Crippen LogP contribution in [-0.2, 0) is 13.1 Å². The van der Waals surface area contributed by atoms with E-state index in [2.05, 4.69) is 26.0 Å². The molecule has 0 spiro atoms. The highest BCUT2D eigenvalue weighted by Gasteiger charge is 2.19. The monoisotopic (exact) mass is 389 g/mol. The summed E-state index contributed by atoms with van der Waals surface area (Å²) in [6.45, 7) is 5.45. The fraction of sp³-hybridized carbons (Fsp3) is 0.318. The Morgan fingerprint density at radius 2 is 1.62 bits per heavy atom. The molecule has 0 atom stereocenters. The van der Waals surface area contributed by atoms with Gasteiger partial charge in [0, 0.05) is 38.3 Å². The van der Waals surface area contributed by atoms with Crippen molar-refractivity contribution in [1.82, 2.24) is 19.9 Å². The predicted octanol–water partition coefficient (Wildman–Crippen LogP) is 2.93. The van der Waals surface area contributed by atoms with Crippen LogP contribution in [0.15, 0.2) is 53.1 Å². The van der Waals surface area contributed by atoms with Crippen LogP contribution in [0.25, 0.3) is 11.4 Å². The SMILES string of the molecule is COc1ccc(-c2noc(CN3CCN(Cc4ccc(C#N)cc4)CC3)n2)cc1. The molecule has 0 aliphatic carbocycles. The van der Waals surface area contributed by atoms with Crippen LogP contribution in [0.5, 0.6) is 5.75 Å². The maximum absolute atomic E-state index is 8.90. The first kappa shape index (κ1) is 19.1. The van der Waals surface area contributed by atoms with Gasteiger partial charge in [0.1, 0.15) is 5.75 Å². The van der Waals surface area contributed by atoms with Gasteiger partial charge >= 0.3 is 0 Å². The van der Waals surface area contributed by atoms with Crippen molar-refractivity contribution in [1.29, 1.82) is 5.26 Å². The summed E-state index contributed by atoms with van der Waals surface area (Å²) in [7, 11) is 1.64. The van der Waals surface area contributed by atoms with Gasteiger partial charge in [-0.2, -0.15) is 10.2 Å². The van der Waals surface area contributed by atoms with Gasteiger partial charge in [-0.05, 0) is 42.0 Å². The lowest BCUT2D eigenvalue weighted by Crippen LogP contribution is -2.45. The average Bonchev–Trinajstić information content (AvgIpc) is 3.24. The Labute approximate surface area is 170 Å². The van der Waals surface area contributed by atoms with E-state index >= 15 is 0 Å². The van der Waals surface area contributed by atoms with Gasteiger partial charge in [-0.25, -0.2) is 0 Å². The summed E-state index contributed by atoms with van der Waals surface area (Å²) in [6, 6.07) is 17.6. The van der Waals surface area contributed by atoms with Crippen LogP contribution in [-0.4, -0.2) is 53.2 Å². The van der Waals surface area contributed by atoms with Crippen LogP contribution in [0, 0.1) is 11.3 Å². The zero-order valence-corrected chi connectivity index (χ0v) is 16.4. The highest BCUT2D eigenvalue weighted by molar-refractivity contribution is 5.55. The van der Waals surface area contributed by atoms with E-state index in [-0.39, 0.29) is 0 Å². The fourth-order valence-electron chi connectivity index (χ4n) is 3.42. The molecule has 7 nitrogen and oxygen atoms in total. The first-order valence-electron chi connectivity index (χ1n) is 9.64. The summed E-state index contributed by atoms with van der Waals surface area (Å²) < 4.78 is 10.6. The Bertz CT molecular complexity index is 968. The lowest BCUT2D eigenvalue weighted by Gasteiger charge is -2.33. The molecule has 1 aliphatic heterocycles. The largest absolute Gasteiger partial charge is 0.497 e. The molecule has 0 unspecified atom stereocenters. The molecule has 2 aromatic carbocycles. The average molecular weight is 389 g/mol. The van der Waals surface area contributed by atoms with Crippen LogP contribution in [0.1, 0.15) is 17.0 Å². The molecular weight excluding hydrogens is 366 g/mol. The lowest BCUT2D eigenvalue weighted by molar-refractivity contribution is 0.112. The standard InChI is InChI=1S/C22H23N5O2/c1-28-20-8-6-19(7-9-20)22-24-21(29-25-22)16-27-12-10-26(11-13-27)15-18-4-2-17(14-23)3-5-18/h2-9H,10-13,15-16H2,1H3. The minimum atomic E-state index is 0.599. The summed E-state index contributed by atoms with van der Waals surface area (Å²) in [5, 5.41) is 13.0. The van der Waals surface area contributed by atoms with E-state index in [1.807, 2.05) is 48.5 Å². The van der Waals surface area contributed by atoms with E-state index in [9.17, 15) is 0 Å². The van der Waals surface area contributed by atoms with Crippen molar-refractivity contribution in [3.63, 3.8) is 0 Å². The third-order valence-corrected chi connectivity index (χ3v) is 5.13. The number of hydrogen-bond acceptors (Lipinski definition) is 7.